The van der Waals surface area contributed by atoms with Crippen LogP contribution in [0.3, 0.4) is 0 Å². The molecule has 2 unspecified atom stereocenters. The summed E-state index contributed by atoms with van der Waals surface area (Å²) in [6.45, 7) is 8.13. The van der Waals surface area contributed by atoms with Crippen LogP contribution in [0.1, 0.15) is 40.5 Å². The number of carbonyl (C=O) groups is 2. The minimum Gasteiger partial charge on any atom is -0.456 e. The number of ether oxygens (including phenoxy) is 4. The maximum atomic E-state index is 12.2. The molecule has 2 heterocycles. The number of hydrogen-bond acceptors (Lipinski definition) is 8. The van der Waals surface area contributed by atoms with Crippen molar-refractivity contribution in [3.63, 3.8) is 0 Å². The third-order valence-electron chi connectivity index (χ3n) is 5.56. The number of rotatable bonds is 8. The van der Waals surface area contributed by atoms with Crippen molar-refractivity contribution in [2.24, 2.45) is 23.3 Å². The number of fused-ring (bicyclic) bond motifs is 1. The van der Waals surface area contributed by atoms with E-state index in [1.165, 1.54) is 0 Å². The van der Waals surface area contributed by atoms with Gasteiger partial charge in [0.25, 0.3) is 0 Å². The van der Waals surface area contributed by atoms with E-state index in [-0.39, 0.29) is 25.0 Å². The number of carbonyl (C=O) groups excluding carboxylic acids is 2. The molecule has 2 saturated heterocycles. The van der Waals surface area contributed by atoms with E-state index < -0.39 is 48.4 Å². The quantitative estimate of drug-likeness (QED) is 0.585. The molecule has 0 spiro atoms. The van der Waals surface area contributed by atoms with E-state index in [0.717, 1.165) is 12.8 Å². The van der Waals surface area contributed by atoms with Crippen molar-refractivity contribution in [2.45, 2.75) is 77.0 Å². The average molecular weight is 372 g/mol. The van der Waals surface area contributed by atoms with Gasteiger partial charge in [-0.3, -0.25) is 9.59 Å². The Balaban J connectivity index is 1.89. The molecule has 150 valence electrons. The average Bonchev–Trinajstić information content (AvgIpc) is 3.22. The highest BCUT2D eigenvalue weighted by Crippen LogP contribution is 2.31. The van der Waals surface area contributed by atoms with Crippen LogP contribution in [0.15, 0.2) is 0 Å². The number of hydrogen-bond donors (Lipinski definition) is 2. The van der Waals surface area contributed by atoms with E-state index in [0.29, 0.717) is 0 Å². The fourth-order valence-electron chi connectivity index (χ4n) is 3.06. The third-order valence-corrected chi connectivity index (χ3v) is 5.56. The van der Waals surface area contributed by atoms with E-state index in [9.17, 15) is 9.59 Å². The van der Waals surface area contributed by atoms with Gasteiger partial charge in [-0.05, 0) is 11.8 Å². The SMILES string of the molecule is CC[C@H](C)[C@H](N)C(=O)O[C@H]1COC2C1OC[C@H]2OC(=O)[C@@H](N)[C@@H](C)CC. The highest BCUT2D eigenvalue weighted by atomic mass is 16.7. The zero-order valence-electron chi connectivity index (χ0n) is 16.1. The normalized spacial score (nSPS) is 32.4. The lowest BCUT2D eigenvalue weighted by atomic mass is 10.00. The molecule has 8 nitrogen and oxygen atoms in total. The lowest BCUT2D eigenvalue weighted by Gasteiger charge is -2.22. The summed E-state index contributed by atoms with van der Waals surface area (Å²) in [6.07, 6.45) is -0.436. The minimum atomic E-state index is -0.678. The fraction of sp³-hybridized carbons (Fsp3) is 0.889. The highest BCUT2D eigenvalue weighted by Gasteiger charge is 2.51. The molecular formula is C18H32N2O6. The lowest BCUT2D eigenvalue weighted by Crippen LogP contribution is -2.44. The van der Waals surface area contributed by atoms with E-state index in [2.05, 4.69) is 0 Å². The molecular weight excluding hydrogens is 340 g/mol. The van der Waals surface area contributed by atoms with Gasteiger partial charge in [-0.15, -0.1) is 0 Å². The van der Waals surface area contributed by atoms with Crippen LogP contribution in [0, 0.1) is 11.8 Å². The molecule has 0 aromatic rings. The fourth-order valence-corrected chi connectivity index (χ4v) is 3.06. The Morgan fingerprint density at radius 2 is 1.23 bits per heavy atom. The molecule has 2 fully saturated rings. The van der Waals surface area contributed by atoms with Crippen molar-refractivity contribution in [3.05, 3.63) is 0 Å². The van der Waals surface area contributed by atoms with Gasteiger partial charge in [0.15, 0.2) is 12.2 Å². The van der Waals surface area contributed by atoms with Gasteiger partial charge in [0.2, 0.25) is 0 Å². The second kappa shape index (κ2) is 9.12. The Morgan fingerprint density at radius 3 is 1.54 bits per heavy atom. The first-order valence-corrected chi connectivity index (χ1v) is 9.45. The molecule has 0 saturated carbocycles. The van der Waals surface area contributed by atoms with Gasteiger partial charge in [0.05, 0.1) is 13.2 Å². The minimum absolute atomic E-state index is 0.0286. The van der Waals surface area contributed by atoms with Gasteiger partial charge >= 0.3 is 11.9 Å². The molecule has 0 aromatic carbocycles. The Bertz CT molecular complexity index is 458. The topological polar surface area (TPSA) is 123 Å². The van der Waals surface area contributed by atoms with Crippen molar-refractivity contribution in [1.82, 2.24) is 0 Å². The highest BCUT2D eigenvalue weighted by molar-refractivity contribution is 5.76. The van der Waals surface area contributed by atoms with Crippen molar-refractivity contribution in [2.75, 3.05) is 13.2 Å². The summed E-state index contributed by atoms with van der Waals surface area (Å²) in [6, 6.07) is -1.36. The van der Waals surface area contributed by atoms with E-state index >= 15 is 0 Å². The molecule has 0 bridgehead atoms. The zero-order chi connectivity index (χ0) is 19.4. The molecule has 26 heavy (non-hydrogen) atoms. The van der Waals surface area contributed by atoms with Crippen molar-refractivity contribution < 1.29 is 28.5 Å². The standard InChI is InChI=1S/C18H32N2O6/c1-5-9(3)13(19)17(21)25-11-7-23-16-12(8-24-15(11)16)26-18(22)14(20)10(4)6-2/h9-16H,5-8,19-20H2,1-4H3/t9-,10-,11-,12+,13-,14-,15?,16?/m0/s1. The van der Waals surface area contributed by atoms with Gasteiger partial charge in [-0.25, -0.2) is 0 Å². The van der Waals surface area contributed by atoms with Crippen molar-refractivity contribution >= 4 is 11.9 Å². The van der Waals surface area contributed by atoms with Gasteiger partial charge in [-0.2, -0.15) is 0 Å². The van der Waals surface area contributed by atoms with Crippen molar-refractivity contribution in [1.29, 1.82) is 0 Å². The van der Waals surface area contributed by atoms with Crippen LogP contribution >= 0.6 is 0 Å². The van der Waals surface area contributed by atoms with E-state index in [4.69, 9.17) is 30.4 Å². The Labute approximate surface area is 154 Å². The molecule has 2 aliphatic heterocycles. The molecule has 0 aliphatic carbocycles. The van der Waals surface area contributed by atoms with Crippen LogP contribution in [0.25, 0.3) is 0 Å². The molecule has 8 atom stereocenters. The summed E-state index contributed by atoms with van der Waals surface area (Å²) < 4.78 is 22.3. The first kappa shape index (κ1) is 21.1. The smallest absolute Gasteiger partial charge is 0.323 e. The molecule has 8 heteroatoms. The number of nitrogens with two attached hydrogens (primary N) is 2. The largest absolute Gasteiger partial charge is 0.456 e. The second-order valence-electron chi connectivity index (χ2n) is 7.37. The van der Waals surface area contributed by atoms with Crippen LogP contribution in [0.4, 0.5) is 0 Å². The van der Waals surface area contributed by atoms with Gasteiger partial charge < -0.3 is 30.4 Å². The molecule has 0 aromatic heterocycles. The zero-order valence-corrected chi connectivity index (χ0v) is 16.1. The summed E-state index contributed by atoms with van der Waals surface area (Å²) in [5.41, 5.74) is 11.8. The number of esters is 2. The van der Waals surface area contributed by atoms with Crippen LogP contribution in [-0.2, 0) is 28.5 Å². The van der Waals surface area contributed by atoms with Crippen LogP contribution < -0.4 is 11.5 Å². The molecule has 0 amide bonds. The maximum absolute atomic E-state index is 12.2. The predicted octanol–water partition coefficient (Wildman–Crippen LogP) is 0.354. The van der Waals surface area contributed by atoms with Crippen LogP contribution in [0.2, 0.25) is 0 Å². The monoisotopic (exact) mass is 372 g/mol. The second-order valence-corrected chi connectivity index (χ2v) is 7.37. The first-order valence-electron chi connectivity index (χ1n) is 9.45. The lowest BCUT2D eigenvalue weighted by molar-refractivity contribution is -0.158. The molecule has 2 aliphatic rings. The van der Waals surface area contributed by atoms with Crippen LogP contribution in [0.5, 0.6) is 0 Å². The summed E-state index contributed by atoms with van der Waals surface area (Å²) in [5, 5.41) is 0. The summed E-state index contributed by atoms with van der Waals surface area (Å²) in [4.78, 5) is 24.4. The van der Waals surface area contributed by atoms with Gasteiger partial charge in [0, 0.05) is 0 Å². The Hall–Kier alpha value is -1.22. The predicted molar refractivity (Wildman–Crippen MR) is 94.1 cm³/mol. The van der Waals surface area contributed by atoms with Gasteiger partial charge in [0.1, 0.15) is 24.3 Å². The summed E-state index contributed by atoms with van der Waals surface area (Å²) in [7, 11) is 0. The van der Waals surface area contributed by atoms with Gasteiger partial charge in [-0.1, -0.05) is 40.5 Å². The first-order chi connectivity index (χ1) is 12.3. The molecule has 0 radical (unpaired) electrons. The molecule has 2 rings (SSSR count). The molecule has 4 N–H and O–H groups in total. The van der Waals surface area contributed by atoms with Crippen LogP contribution in [-0.4, -0.2) is 61.7 Å². The Morgan fingerprint density at radius 1 is 0.885 bits per heavy atom. The van der Waals surface area contributed by atoms with Crippen molar-refractivity contribution in [3.8, 4) is 0 Å². The summed E-state index contributed by atoms with van der Waals surface area (Å²) >= 11 is 0. The van der Waals surface area contributed by atoms with E-state index in [1.54, 1.807) is 0 Å². The third kappa shape index (κ3) is 4.54. The summed E-state index contributed by atoms with van der Waals surface area (Å²) in [5.74, 6) is -0.866. The Kier molecular flexibility index (Phi) is 7.40. The van der Waals surface area contributed by atoms with E-state index in [1.807, 2.05) is 27.7 Å². The maximum Gasteiger partial charge on any atom is 0.323 e.